The summed E-state index contributed by atoms with van der Waals surface area (Å²) in [4.78, 5) is 4.72. The van der Waals surface area contributed by atoms with Gasteiger partial charge in [0, 0.05) is 11.0 Å². The summed E-state index contributed by atoms with van der Waals surface area (Å²) in [6, 6.07) is 20.6. The number of hydrogen-bond acceptors (Lipinski definition) is 3. The molecule has 5 rings (SSSR count). The number of thiazole rings is 1. The summed E-state index contributed by atoms with van der Waals surface area (Å²) in [6.07, 6.45) is 0. The second-order valence-corrected chi connectivity index (χ2v) is 8.07. The molecule has 0 atom stereocenters. The Hall–Kier alpha value is -2.65. The van der Waals surface area contributed by atoms with Crippen molar-refractivity contribution in [3.63, 3.8) is 0 Å². The minimum absolute atomic E-state index is 0.102. The predicted octanol–water partition coefficient (Wildman–Crippen LogP) is 5.98. The molecule has 1 heterocycles. The monoisotopic (exact) mass is 343 g/mol. The van der Waals surface area contributed by atoms with Crippen LogP contribution in [0, 0.1) is 0 Å². The molecule has 3 aromatic carbocycles. The molecule has 0 amide bonds. The van der Waals surface area contributed by atoms with Crippen molar-refractivity contribution in [3.05, 3.63) is 71.8 Å². The minimum atomic E-state index is -0.102. The van der Waals surface area contributed by atoms with Crippen molar-refractivity contribution in [3.8, 4) is 27.4 Å². The van der Waals surface area contributed by atoms with Gasteiger partial charge in [0.2, 0.25) is 0 Å². The Morgan fingerprint density at radius 1 is 0.840 bits per heavy atom. The van der Waals surface area contributed by atoms with Crippen molar-refractivity contribution in [2.45, 2.75) is 19.3 Å². The second kappa shape index (κ2) is 4.93. The molecule has 1 aliphatic carbocycles. The van der Waals surface area contributed by atoms with Crippen molar-refractivity contribution < 1.29 is 5.11 Å². The van der Waals surface area contributed by atoms with Crippen LogP contribution < -0.4 is 0 Å². The highest BCUT2D eigenvalue weighted by atomic mass is 32.1. The van der Waals surface area contributed by atoms with E-state index in [9.17, 15) is 5.11 Å². The molecule has 4 aromatic rings. The van der Waals surface area contributed by atoms with Gasteiger partial charge in [0.25, 0.3) is 0 Å². The Morgan fingerprint density at radius 3 is 2.44 bits per heavy atom. The summed E-state index contributed by atoms with van der Waals surface area (Å²) >= 11 is 1.62. The first-order chi connectivity index (χ1) is 12.1. The maximum atomic E-state index is 11.1. The smallest absolute Gasteiger partial charge is 0.133 e. The van der Waals surface area contributed by atoms with E-state index in [-0.39, 0.29) is 5.41 Å². The van der Waals surface area contributed by atoms with Crippen LogP contribution in [-0.2, 0) is 5.41 Å². The van der Waals surface area contributed by atoms with Crippen LogP contribution in [0.1, 0.15) is 25.0 Å². The van der Waals surface area contributed by atoms with Gasteiger partial charge in [-0.2, -0.15) is 0 Å². The molecular formula is C22H17NOS. The molecule has 0 fully saturated rings. The fourth-order valence-electron chi connectivity index (χ4n) is 3.94. The molecule has 1 N–H and O–H groups in total. The lowest BCUT2D eigenvalue weighted by atomic mass is 9.82. The van der Waals surface area contributed by atoms with Gasteiger partial charge in [0.05, 0.1) is 15.8 Å². The predicted molar refractivity (Wildman–Crippen MR) is 104 cm³/mol. The fourth-order valence-corrected chi connectivity index (χ4v) is 4.93. The third-order valence-electron chi connectivity index (χ3n) is 5.25. The van der Waals surface area contributed by atoms with Crippen LogP contribution in [0.15, 0.2) is 60.7 Å². The molecule has 0 unspecified atom stereocenters. The highest BCUT2D eigenvalue weighted by Crippen LogP contribution is 2.54. The Bertz CT molecular complexity index is 1110. The van der Waals surface area contributed by atoms with E-state index < -0.39 is 0 Å². The van der Waals surface area contributed by atoms with Gasteiger partial charge in [-0.15, -0.1) is 11.3 Å². The van der Waals surface area contributed by atoms with E-state index in [0.29, 0.717) is 5.75 Å². The Kier molecular flexibility index (Phi) is 2.89. The molecule has 0 radical (unpaired) electrons. The van der Waals surface area contributed by atoms with Crippen LogP contribution in [-0.4, -0.2) is 10.1 Å². The third kappa shape index (κ3) is 1.93. The average Bonchev–Trinajstić information content (AvgIpc) is 3.14. The Morgan fingerprint density at radius 2 is 1.60 bits per heavy atom. The molecular weight excluding hydrogens is 326 g/mol. The number of phenols is 1. The average molecular weight is 343 g/mol. The third-order valence-corrected chi connectivity index (χ3v) is 6.31. The van der Waals surface area contributed by atoms with Gasteiger partial charge < -0.3 is 5.11 Å². The van der Waals surface area contributed by atoms with Gasteiger partial charge in [-0.1, -0.05) is 56.3 Å². The molecule has 0 spiro atoms. The summed E-state index contributed by atoms with van der Waals surface area (Å²) in [7, 11) is 0. The number of nitrogens with zero attached hydrogens (tertiary/aromatic N) is 1. The zero-order chi connectivity index (χ0) is 17.2. The lowest BCUT2D eigenvalue weighted by Gasteiger charge is -2.21. The van der Waals surface area contributed by atoms with E-state index in [1.54, 1.807) is 11.3 Å². The molecule has 1 aromatic heterocycles. The van der Waals surface area contributed by atoms with Gasteiger partial charge in [-0.25, -0.2) is 4.98 Å². The zero-order valence-corrected chi connectivity index (χ0v) is 14.9. The van der Waals surface area contributed by atoms with E-state index >= 15 is 0 Å². The standard InChI is InChI=1S/C22H17NOS/c1-22(2)15-8-4-3-7-13(15)19-16(22)12-11-14(20(19)24)21-23-17-9-5-6-10-18(17)25-21/h3-12,24H,1-2H3. The number of hydrogen-bond donors (Lipinski definition) is 1. The van der Waals surface area contributed by atoms with Crippen LogP contribution >= 0.6 is 11.3 Å². The maximum Gasteiger partial charge on any atom is 0.133 e. The normalized spacial score (nSPS) is 14.5. The highest BCUT2D eigenvalue weighted by molar-refractivity contribution is 7.21. The SMILES string of the molecule is CC1(C)c2ccccc2-c2c1ccc(-c1nc3ccccc3s1)c2O. The first kappa shape index (κ1) is 14.7. The number of rotatable bonds is 1. The summed E-state index contributed by atoms with van der Waals surface area (Å²) in [5.41, 5.74) is 6.21. The number of aromatic hydroxyl groups is 1. The van der Waals surface area contributed by atoms with Crippen LogP contribution in [0.3, 0.4) is 0 Å². The molecule has 0 saturated heterocycles. The molecule has 0 bridgehead atoms. The molecule has 122 valence electrons. The van der Waals surface area contributed by atoms with E-state index in [0.717, 1.165) is 31.9 Å². The van der Waals surface area contributed by atoms with Gasteiger partial charge in [-0.3, -0.25) is 0 Å². The van der Waals surface area contributed by atoms with Gasteiger partial charge in [0.15, 0.2) is 0 Å². The molecule has 2 nitrogen and oxygen atoms in total. The zero-order valence-electron chi connectivity index (χ0n) is 14.1. The molecule has 1 aliphatic rings. The van der Waals surface area contributed by atoms with E-state index in [1.165, 1.54) is 11.1 Å². The van der Waals surface area contributed by atoms with Crippen molar-refractivity contribution in [2.24, 2.45) is 0 Å². The summed E-state index contributed by atoms with van der Waals surface area (Å²) in [5, 5.41) is 12.0. The number of fused-ring (bicyclic) bond motifs is 4. The first-order valence-electron chi connectivity index (χ1n) is 8.39. The van der Waals surface area contributed by atoms with E-state index in [4.69, 9.17) is 4.98 Å². The van der Waals surface area contributed by atoms with Crippen molar-refractivity contribution in [1.29, 1.82) is 0 Å². The second-order valence-electron chi connectivity index (χ2n) is 7.04. The Labute approximate surface area is 150 Å². The van der Waals surface area contributed by atoms with Gasteiger partial charge in [-0.05, 0) is 34.9 Å². The number of aromatic nitrogens is 1. The minimum Gasteiger partial charge on any atom is -0.507 e. The topological polar surface area (TPSA) is 33.1 Å². The maximum absolute atomic E-state index is 11.1. The number of benzene rings is 3. The van der Waals surface area contributed by atoms with Crippen molar-refractivity contribution >= 4 is 21.6 Å². The van der Waals surface area contributed by atoms with Gasteiger partial charge in [0.1, 0.15) is 10.8 Å². The summed E-state index contributed by atoms with van der Waals surface area (Å²) < 4.78 is 1.14. The van der Waals surface area contributed by atoms with Crippen LogP contribution in [0.5, 0.6) is 5.75 Å². The molecule has 0 saturated carbocycles. The lowest BCUT2D eigenvalue weighted by Crippen LogP contribution is -2.14. The summed E-state index contributed by atoms with van der Waals surface area (Å²) in [5.74, 6) is 0.342. The molecule has 0 aliphatic heterocycles. The quantitative estimate of drug-likeness (QED) is 0.461. The fraction of sp³-hybridized carbons (Fsp3) is 0.136. The Balaban J connectivity index is 1.79. The van der Waals surface area contributed by atoms with Crippen LogP contribution in [0.25, 0.3) is 31.9 Å². The lowest BCUT2D eigenvalue weighted by molar-refractivity contribution is 0.478. The summed E-state index contributed by atoms with van der Waals surface area (Å²) in [6.45, 7) is 4.43. The molecule has 3 heteroatoms. The van der Waals surface area contributed by atoms with Crippen LogP contribution in [0.2, 0.25) is 0 Å². The van der Waals surface area contributed by atoms with Crippen molar-refractivity contribution in [1.82, 2.24) is 4.98 Å². The van der Waals surface area contributed by atoms with Crippen LogP contribution in [0.4, 0.5) is 0 Å². The number of para-hydroxylation sites is 1. The van der Waals surface area contributed by atoms with E-state index in [2.05, 4.69) is 44.2 Å². The van der Waals surface area contributed by atoms with Gasteiger partial charge >= 0.3 is 0 Å². The first-order valence-corrected chi connectivity index (χ1v) is 9.21. The van der Waals surface area contributed by atoms with E-state index in [1.807, 2.05) is 30.3 Å². The molecule has 25 heavy (non-hydrogen) atoms. The largest absolute Gasteiger partial charge is 0.507 e. The highest BCUT2D eigenvalue weighted by Gasteiger charge is 2.37. The van der Waals surface area contributed by atoms with Crippen molar-refractivity contribution in [2.75, 3.05) is 0 Å². The number of phenolic OH excluding ortho intramolecular Hbond substituents is 1.